The molecule has 0 aliphatic carbocycles. The first-order chi connectivity index (χ1) is 17.0. The number of carbonyl (C=O) groups is 5. The maximum Gasteiger partial charge on any atom is 0.326 e. The molecule has 1 heterocycles. The topological polar surface area (TPSA) is 185 Å². The maximum atomic E-state index is 13.5. The van der Waals surface area contributed by atoms with E-state index in [0.717, 1.165) is 5.56 Å². The molecule has 1 aliphatic heterocycles. The number of nitrogens with zero attached hydrogens (tertiary/aromatic N) is 1. The van der Waals surface area contributed by atoms with Crippen LogP contribution in [-0.2, 0) is 30.4 Å². The van der Waals surface area contributed by atoms with Gasteiger partial charge in [0.25, 0.3) is 0 Å². The number of aliphatic carboxylic acids is 1. The molecule has 11 nitrogen and oxygen atoms in total. The molecule has 0 aromatic heterocycles. The van der Waals surface area contributed by atoms with Gasteiger partial charge < -0.3 is 32.1 Å². The molecule has 0 saturated carbocycles. The molecule has 36 heavy (non-hydrogen) atoms. The number of nitrogens with two attached hydrogens (primary N) is 2. The van der Waals surface area contributed by atoms with Crippen molar-refractivity contribution in [3.05, 3.63) is 35.9 Å². The van der Waals surface area contributed by atoms with Gasteiger partial charge in [-0.3, -0.25) is 19.2 Å². The van der Waals surface area contributed by atoms with Gasteiger partial charge in [0.2, 0.25) is 23.6 Å². The van der Waals surface area contributed by atoms with Crippen LogP contribution in [0.4, 0.5) is 0 Å². The zero-order valence-corrected chi connectivity index (χ0v) is 20.8. The van der Waals surface area contributed by atoms with E-state index in [-0.39, 0.29) is 25.2 Å². The van der Waals surface area contributed by atoms with Crippen molar-refractivity contribution in [3.63, 3.8) is 0 Å². The monoisotopic (exact) mass is 503 g/mol. The van der Waals surface area contributed by atoms with E-state index in [4.69, 9.17) is 11.5 Å². The average Bonchev–Trinajstić information content (AvgIpc) is 3.35. The van der Waals surface area contributed by atoms with Crippen LogP contribution in [0.5, 0.6) is 0 Å². The summed E-state index contributed by atoms with van der Waals surface area (Å²) in [6, 6.07) is 5.03. The SMILES string of the molecule is CCC(C)C(NC(=O)C(N)CCC(N)=O)C(=O)N1CCCC1C(=O)NC(Cc1ccccc1)C(=O)O. The van der Waals surface area contributed by atoms with Gasteiger partial charge in [0, 0.05) is 19.4 Å². The third kappa shape index (κ3) is 8.04. The van der Waals surface area contributed by atoms with E-state index < -0.39 is 53.8 Å². The molecule has 0 radical (unpaired) electrons. The van der Waals surface area contributed by atoms with Gasteiger partial charge in [-0.05, 0) is 30.7 Å². The van der Waals surface area contributed by atoms with Gasteiger partial charge in [0.05, 0.1) is 6.04 Å². The Balaban J connectivity index is 2.12. The van der Waals surface area contributed by atoms with Crippen molar-refractivity contribution < 1.29 is 29.1 Å². The predicted octanol–water partition coefficient (Wildman–Crippen LogP) is -0.0868. The minimum atomic E-state index is -1.17. The van der Waals surface area contributed by atoms with Crippen LogP contribution in [0.2, 0.25) is 0 Å². The summed E-state index contributed by atoms with van der Waals surface area (Å²) in [6.07, 6.45) is 1.63. The van der Waals surface area contributed by atoms with Gasteiger partial charge in [-0.1, -0.05) is 50.6 Å². The Bertz CT molecular complexity index is 940. The minimum Gasteiger partial charge on any atom is -0.480 e. The molecule has 198 valence electrons. The van der Waals surface area contributed by atoms with Crippen LogP contribution in [-0.4, -0.2) is 70.3 Å². The lowest BCUT2D eigenvalue weighted by Gasteiger charge is -2.32. The molecule has 1 aromatic rings. The van der Waals surface area contributed by atoms with Gasteiger partial charge in [-0.15, -0.1) is 0 Å². The Hall–Kier alpha value is -3.47. The standard InChI is InChI=1S/C25H37N5O6/c1-3-15(2)21(29-22(32)17(26)11-12-20(27)31)24(34)30-13-7-10-19(30)23(33)28-18(25(35)36)14-16-8-5-4-6-9-16/h4-6,8-9,15,17-19,21H,3,7,10-14,26H2,1-2H3,(H2,27,31)(H,28,33)(H,29,32)(H,35,36). The lowest BCUT2D eigenvalue weighted by molar-refractivity contribution is -0.145. The van der Waals surface area contributed by atoms with Gasteiger partial charge in [0.1, 0.15) is 18.1 Å². The molecule has 1 fully saturated rings. The van der Waals surface area contributed by atoms with E-state index in [1.165, 1.54) is 4.90 Å². The first-order valence-electron chi connectivity index (χ1n) is 12.3. The van der Waals surface area contributed by atoms with Crippen molar-refractivity contribution in [2.24, 2.45) is 17.4 Å². The van der Waals surface area contributed by atoms with E-state index in [9.17, 15) is 29.1 Å². The number of rotatable bonds is 13. The van der Waals surface area contributed by atoms with E-state index in [1.807, 2.05) is 19.9 Å². The van der Waals surface area contributed by atoms with Crippen LogP contribution in [0, 0.1) is 5.92 Å². The molecular weight excluding hydrogens is 466 g/mol. The summed E-state index contributed by atoms with van der Waals surface area (Å²) >= 11 is 0. The number of carboxylic acids is 1. The van der Waals surface area contributed by atoms with Crippen molar-refractivity contribution in [3.8, 4) is 0 Å². The molecule has 1 aliphatic rings. The van der Waals surface area contributed by atoms with Crippen molar-refractivity contribution in [2.45, 2.75) is 76.5 Å². The fourth-order valence-corrected chi connectivity index (χ4v) is 4.17. The molecule has 4 amide bonds. The Morgan fingerprint density at radius 1 is 1.14 bits per heavy atom. The molecule has 1 saturated heterocycles. The predicted molar refractivity (Wildman–Crippen MR) is 132 cm³/mol. The molecule has 7 N–H and O–H groups in total. The number of amides is 4. The van der Waals surface area contributed by atoms with Crippen LogP contribution in [0.3, 0.4) is 0 Å². The highest BCUT2D eigenvalue weighted by atomic mass is 16.4. The third-order valence-corrected chi connectivity index (χ3v) is 6.55. The molecule has 1 aromatic carbocycles. The first-order valence-corrected chi connectivity index (χ1v) is 12.3. The van der Waals surface area contributed by atoms with Crippen molar-refractivity contribution >= 4 is 29.6 Å². The van der Waals surface area contributed by atoms with E-state index in [1.54, 1.807) is 24.3 Å². The fraction of sp³-hybridized carbons (Fsp3) is 0.560. The Morgan fingerprint density at radius 3 is 2.39 bits per heavy atom. The molecule has 11 heteroatoms. The molecule has 0 spiro atoms. The van der Waals surface area contributed by atoms with Gasteiger partial charge in [0.15, 0.2) is 0 Å². The zero-order valence-electron chi connectivity index (χ0n) is 20.8. The number of benzene rings is 1. The summed E-state index contributed by atoms with van der Waals surface area (Å²) in [5, 5.41) is 14.9. The summed E-state index contributed by atoms with van der Waals surface area (Å²) in [4.78, 5) is 63.4. The van der Waals surface area contributed by atoms with E-state index in [2.05, 4.69) is 10.6 Å². The van der Waals surface area contributed by atoms with Crippen molar-refractivity contribution in [1.29, 1.82) is 0 Å². The Kier molecular flexibility index (Phi) is 10.8. The maximum absolute atomic E-state index is 13.5. The third-order valence-electron chi connectivity index (χ3n) is 6.55. The summed E-state index contributed by atoms with van der Waals surface area (Å²) in [7, 11) is 0. The number of hydrogen-bond donors (Lipinski definition) is 5. The zero-order chi connectivity index (χ0) is 26.8. The average molecular weight is 504 g/mol. The fourth-order valence-electron chi connectivity index (χ4n) is 4.17. The number of carbonyl (C=O) groups excluding carboxylic acids is 4. The molecule has 0 bridgehead atoms. The smallest absolute Gasteiger partial charge is 0.326 e. The number of nitrogens with one attached hydrogen (secondary N) is 2. The van der Waals surface area contributed by atoms with Crippen LogP contribution in [0.1, 0.15) is 51.5 Å². The van der Waals surface area contributed by atoms with E-state index >= 15 is 0 Å². The molecular formula is C25H37N5O6. The van der Waals surface area contributed by atoms with Gasteiger partial charge >= 0.3 is 5.97 Å². The number of primary amides is 1. The Labute approximate surface area is 211 Å². The number of likely N-dealkylation sites (tertiary alicyclic amines) is 1. The lowest BCUT2D eigenvalue weighted by atomic mass is 9.96. The highest BCUT2D eigenvalue weighted by Crippen LogP contribution is 2.22. The largest absolute Gasteiger partial charge is 0.480 e. The van der Waals surface area contributed by atoms with Crippen LogP contribution in [0.25, 0.3) is 0 Å². The summed E-state index contributed by atoms with van der Waals surface area (Å²) < 4.78 is 0. The molecule has 5 unspecified atom stereocenters. The van der Waals surface area contributed by atoms with Gasteiger partial charge in [-0.2, -0.15) is 0 Å². The summed E-state index contributed by atoms with van der Waals surface area (Å²) in [5.74, 6) is -3.55. The second kappa shape index (κ2) is 13.6. The number of carboxylic acid groups (broad SMARTS) is 1. The normalized spacial score (nSPS) is 18.5. The Morgan fingerprint density at radius 2 is 1.81 bits per heavy atom. The highest BCUT2D eigenvalue weighted by Gasteiger charge is 2.40. The van der Waals surface area contributed by atoms with Crippen LogP contribution >= 0.6 is 0 Å². The van der Waals surface area contributed by atoms with Crippen molar-refractivity contribution in [1.82, 2.24) is 15.5 Å². The summed E-state index contributed by atoms with van der Waals surface area (Å²) in [6.45, 7) is 3.99. The van der Waals surface area contributed by atoms with Gasteiger partial charge in [-0.25, -0.2) is 4.79 Å². The second-order valence-electron chi connectivity index (χ2n) is 9.26. The first kappa shape index (κ1) is 28.8. The van der Waals surface area contributed by atoms with Crippen LogP contribution < -0.4 is 22.1 Å². The van der Waals surface area contributed by atoms with Crippen LogP contribution in [0.15, 0.2) is 30.3 Å². The summed E-state index contributed by atoms with van der Waals surface area (Å²) in [5.41, 5.74) is 11.7. The number of hydrogen-bond acceptors (Lipinski definition) is 6. The highest BCUT2D eigenvalue weighted by molar-refractivity contribution is 5.94. The second-order valence-corrected chi connectivity index (χ2v) is 9.26. The lowest BCUT2D eigenvalue weighted by Crippen LogP contribution is -2.58. The quantitative estimate of drug-likeness (QED) is 0.249. The molecule has 5 atom stereocenters. The molecule has 2 rings (SSSR count). The minimum absolute atomic E-state index is 0.0509. The van der Waals surface area contributed by atoms with Crippen molar-refractivity contribution in [2.75, 3.05) is 6.54 Å². The van der Waals surface area contributed by atoms with E-state index in [0.29, 0.717) is 25.8 Å².